The lowest BCUT2D eigenvalue weighted by Crippen LogP contribution is -2.25. The number of anilines is 1. The summed E-state index contributed by atoms with van der Waals surface area (Å²) < 4.78 is 5.70. The largest absolute Gasteiger partial charge is 0.492 e. The van der Waals surface area contributed by atoms with Gasteiger partial charge in [0.15, 0.2) is 0 Å². The molecule has 1 aromatic heterocycles. The number of imide groups is 1. The molecule has 0 atom stereocenters. The van der Waals surface area contributed by atoms with Crippen molar-refractivity contribution in [2.45, 2.75) is 0 Å². The van der Waals surface area contributed by atoms with E-state index >= 15 is 0 Å². The van der Waals surface area contributed by atoms with Crippen molar-refractivity contribution in [2.24, 2.45) is 0 Å². The molecule has 0 unspecified atom stereocenters. The van der Waals surface area contributed by atoms with Crippen molar-refractivity contribution in [3.05, 3.63) is 53.2 Å². The maximum absolute atomic E-state index is 11.5. The lowest BCUT2D eigenvalue weighted by molar-refractivity contribution is -0.115. The summed E-state index contributed by atoms with van der Waals surface area (Å²) in [6, 6.07) is 9.09. The summed E-state index contributed by atoms with van der Waals surface area (Å²) in [4.78, 5) is 33.3. The van der Waals surface area contributed by atoms with Gasteiger partial charge in [-0.25, -0.2) is 9.97 Å². The van der Waals surface area contributed by atoms with Gasteiger partial charge in [-0.15, -0.1) is 0 Å². The Balaban J connectivity index is 1.52. The molecule has 128 valence electrons. The Morgan fingerprint density at radius 1 is 1.20 bits per heavy atom. The molecule has 0 saturated carbocycles. The normalized spacial score (nSPS) is 15.3. The van der Waals surface area contributed by atoms with Gasteiger partial charge in [0, 0.05) is 19.4 Å². The molecule has 1 fully saturated rings. The van der Waals surface area contributed by atoms with Crippen molar-refractivity contribution in [3.8, 4) is 5.75 Å². The number of ether oxygens (including phenoxy) is 1. The third-order valence-electron chi connectivity index (χ3n) is 3.41. The van der Waals surface area contributed by atoms with Gasteiger partial charge in [0.25, 0.3) is 11.1 Å². The topological polar surface area (TPSA) is 84.4 Å². The molecule has 1 aliphatic heterocycles. The van der Waals surface area contributed by atoms with E-state index in [0.29, 0.717) is 24.0 Å². The number of hydrogen-bond donors (Lipinski definition) is 1. The Morgan fingerprint density at radius 3 is 2.56 bits per heavy atom. The second-order valence-corrected chi connectivity index (χ2v) is 6.25. The van der Waals surface area contributed by atoms with Gasteiger partial charge in [-0.1, -0.05) is 12.1 Å². The summed E-state index contributed by atoms with van der Waals surface area (Å²) in [5.41, 5.74) is 0.828. The van der Waals surface area contributed by atoms with Crippen LogP contribution in [0.15, 0.2) is 47.6 Å². The highest BCUT2D eigenvalue weighted by Gasteiger charge is 2.24. The average molecular weight is 356 g/mol. The molecular weight excluding hydrogens is 340 g/mol. The summed E-state index contributed by atoms with van der Waals surface area (Å²) in [6.07, 6.45) is 5.07. The highest BCUT2D eigenvalue weighted by atomic mass is 32.2. The highest BCUT2D eigenvalue weighted by Crippen LogP contribution is 2.26. The second kappa shape index (κ2) is 7.80. The van der Waals surface area contributed by atoms with E-state index in [1.165, 1.54) is 0 Å². The van der Waals surface area contributed by atoms with E-state index in [2.05, 4.69) is 15.3 Å². The molecule has 2 heterocycles. The fourth-order valence-corrected chi connectivity index (χ4v) is 2.80. The van der Waals surface area contributed by atoms with Gasteiger partial charge in [0.1, 0.15) is 12.4 Å². The van der Waals surface area contributed by atoms with Crippen LogP contribution in [0.25, 0.3) is 6.08 Å². The standard InChI is InChI=1S/C17H16N4O3S/c1-21(16-18-7-2-8-19-16)9-10-24-13-5-3-12(4-6-13)11-14-15(22)20-17(23)25-14/h2-8,11H,9-10H2,1H3,(H,20,22,23)/b14-11-. The summed E-state index contributed by atoms with van der Waals surface area (Å²) in [5.74, 6) is 1.01. The summed E-state index contributed by atoms with van der Waals surface area (Å²) in [6.45, 7) is 1.14. The van der Waals surface area contributed by atoms with Crippen LogP contribution >= 0.6 is 11.8 Å². The smallest absolute Gasteiger partial charge is 0.290 e. The van der Waals surface area contributed by atoms with Crippen LogP contribution in [0.4, 0.5) is 10.7 Å². The molecule has 1 saturated heterocycles. The number of rotatable bonds is 6. The van der Waals surface area contributed by atoms with Crippen LogP contribution in [0.1, 0.15) is 5.56 Å². The van der Waals surface area contributed by atoms with Crippen LogP contribution in [0, 0.1) is 0 Å². The number of hydrogen-bond acceptors (Lipinski definition) is 7. The van der Waals surface area contributed by atoms with Gasteiger partial charge in [0.2, 0.25) is 5.95 Å². The number of thioether (sulfide) groups is 1. The fraction of sp³-hybridized carbons (Fsp3) is 0.176. The Labute approximate surface area is 149 Å². The van der Waals surface area contributed by atoms with E-state index < -0.39 is 0 Å². The number of likely N-dealkylation sites (N-methyl/N-ethyl adjacent to an activating group) is 1. The highest BCUT2D eigenvalue weighted by molar-refractivity contribution is 8.18. The van der Waals surface area contributed by atoms with Crippen LogP contribution in [0.5, 0.6) is 5.75 Å². The summed E-state index contributed by atoms with van der Waals surface area (Å²) in [7, 11) is 1.90. The molecule has 25 heavy (non-hydrogen) atoms. The van der Waals surface area contributed by atoms with Gasteiger partial charge in [-0.3, -0.25) is 14.9 Å². The van der Waals surface area contributed by atoms with E-state index in [-0.39, 0.29) is 11.1 Å². The van der Waals surface area contributed by atoms with Crippen molar-refractivity contribution in [1.82, 2.24) is 15.3 Å². The minimum atomic E-state index is -0.360. The molecule has 3 rings (SSSR count). The molecule has 2 amide bonds. The van der Waals surface area contributed by atoms with Gasteiger partial charge < -0.3 is 9.64 Å². The third-order valence-corrected chi connectivity index (χ3v) is 4.22. The van der Waals surface area contributed by atoms with E-state index in [4.69, 9.17) is 4.74 Å². The van der Waals surface area contributed by atoms with Crippen molar-refractivity contribution < 1.29 is 14.3 Å². The molecule has 0 bridgehead atoms. The van der Waals surface area contributed by atoms with Crippen molar-refractivity contribution in [1.29, 1.82) is 0 Å². The van der Waals surface area contributed by atoms with Crippen LogP contribution in [-0.2, 0) is 4.79 Å². The Kier molecular flexibility index (Phi) is 5.30. The van der Waals surface area contributed by atoms with Crippen LogP contribution in [0.3, 0.4) is 0 Å². The Hall–Kier alpha value is -2.87. The number of nitrogens with one attached hydrogen (secondary N) is 1. The molecular formula is C17H16N4O3S. The minimum absolute atomic E-state index is 0.345. The number of carbonyl (C=O) groups is 2. The SMILES string of the molecule is CN(CCOc1ccc(/C=C2\SC(=O)NC2=O)cc1)c1ncccn1. The number of amides is 2. The van der Waals surface area contributed by atoms with Gasteiger partial charge in [-0.2, -0.15) is 0 Å². The summed E-state index contributed by atoms with van der Waals surface area (Å²) in [5, 5.41) is 1.88. The second-order valence-electron chi connectivity index (χ2n) is 5.24. The van der Waals surface area contributed by atoms with Gasteiger partial charge in [-0.05, 0) is 41.6 Å². The van der Waals surface area contributed by atoms with Crippen LogP contribution in [0.2, 0.25) is 0 Å². The first kappa shape index (κ1) is 17.0. The summed E-state index contributed by atoms with van der Waals surface area (Å²) >= 11 is 0.901. The molecule has 7 nitrogen and oxygen atoms in total. The van der Waals surface area contributed by atoms with Gasteiger partial charge in [0.05, 0.1) is 11.4 Å². The molecule has 1 aliphatic rings. The van der Waals surface area contributed by atoms with Crippen LogP contribution in [-0.4, -0.2) is 41.3 Å². The number of carbonyl (C=O) groups excluding carboxylic acids is 2. The van der Waals surface area contributed by atoms with E-state index in [1.807, 2.05) is 36.2 Å². The first-order valence-corrected chi connectivity index (χ1v) is 8.39. The zero-order valence-corrected chi connectivity index (χ0v) is 14.3. The quantitative estimate of drug-likeness (QED) is 0.795. The van der Waals surface area contributed by atoms with E-state index in [1.54, 1.807) is 24.5 Å². The monoisotopic (exact) mass is 356 g/mol. The van der Waals surface area contributed by atoms with Crippen molar-refractivity contribution in [2.75, 3.05) is 25.1 Å². The third kappa shape index (κ3) is 4.57. The number of aromatic nitrogens is 2. The molecule has 0 spiro atoms. The predicted molar refractivity (Wildman–Crippen MR) is 96.3 cm³/mol. The van der Waals surface area contributed by atoms with Gasteiger partial charge >= 0.3 is 0 Å². The lowest BCUT2D eigenvalue weighted by Gasteiger charge is -2.16. The zero-order valence-electron chi connectivity index (χ0n) is 13.5. The van der Waals surface area contributed by atoms with E-state index in [9.17, 15) is 9.59 Å². The van der Waals surface area contributed by atoms with Crippen molar-refractivity contribution >= 4 is 34.9 Å². The number of nitrogens with zero attached hydrogens (tertiary/aromatic N) is 3. The number of benzene rings is 1. The molecule has 1 N–H and O–H groups in total. The Bertz CT molecular complexity index is 793. The van der Waals surface area contributed by atoms with E-state index in [0.717, 1.165) is 23.1 Å². The molecule has 2 aromatic rings. The fourth-order valence-electron chi connectivity index (χ4n) is 2.12. The Morgan fingerprint density at radius 2 is 1.92 bits per heavy atom. The maximum atomic E-state index is 11.5. The van der Waals surface area contributed by atoms with Crippen molar-refractivity contribution in [3.63, 3.8) is 0 Å². The molecule has 0 aliphatic carbocycles. The molecule has 8 heteroatoms. The first-order valence-electron chi connectivity index (χ1n) is 7.58. The minimum Gasteiger partial charge on any atom is -0.492 e. The average Bonchev–Trinajstić information content (AvgIpc) is 2.94. The first-order chi connectivity index (χ1) is 12.1. The molecule has 0 radical (unpaired) electrons. The lowest BCUT2D eigenvalue weighted by atomic mass is 10.2. The maximum Gasteiger partial charge on any atom is 0.290 e. The zero-order chi connectivity index (χ0) is 17.6. The predicted octanol–water partition coefficient (Wildman–Crippen LogP) is 2.32. The van der Waals surface area contributed by atoms with Crippen LogP contribution < -0.4 is 15.0 Å². The molecule has 1 aromatic carbocycles.